The van der Waals surface area contributed by atoms with Crippen molar-refractivity contribution in [2.75, 3.05) is 39.0 Å². The summed E-state index contributed by atoms with van der Waals surface area (Å²) in [6.07, 6.45) is 4.23. The molecule has 2 saturated heterocycles. The minimum atomic E-state index is -3.17. The third-order valence-electron chi connectivity index (χ3n) is 4.03. The summed E-state index contributed by atoms with van der Waals surface area (Å²) in [5.41, 5.74) is 6.03. The van der Waals surface area contributed by atoms with E-state index in [1.165, 1.54) is 6.26 Å². The van der Waals surface area contributed by atoms with E-state index in [2.05, 4.69) is 4.99 Å². The predicted octanol–water partition coefficient (Wildman–Crippen LogP) is 0.454. The standard InChI is InChI=1S/C13H26N4O3S.HI/c1-11-10-16(7-8-20-11)13(14)15-9-12-5-3-4-6-17(12)21(2,18)19;/h11-12H,3-10H2,1-2H3,(H2,14,15);1H. The average molecular weight is 446 g/mol. The lowest BCUT2D eigenvalue weighted by Crippen LogP contribution is -2.49. The first-order valence-electron chi connectivity index (χ1n) is 7.51. The highest BCUT2D eigenvalue weighted by Gasteiger charge is 2.29. The van der Waals surface area contributed by atoms with Crippen molar-refractivity contribution in [3.05, 3.63) is 0 Å². The molecule has 0 saturated carbocycles. The first kappa shape index (κ1) is 19.9. The zero-order chi connectivity index (χ0) is 15.5. The van der Waals surface area contributed by atoms with Gasteiger partial charge in [0, 0.05) is 25.7 Å². The Morgan fingerprint density at radius 3 is 2.73 bits per heavy atom. The quantitative estimate of drug-likeness (QED) is 0.387. The number of rotatable bonds is 3. The van der Waals surface area contributed by atoms with Gasteiger partial charge in [-0.05, 0) is 19.8 Å². The molecule has 130 valence electrons. The fraction of sp³-hybridized carbons (Fsp3) is 0.923. The summed E-state index contributed by atoms with van der Waals surface area (Å²) in [4.78, 5) is 6.43. The molecule has 2 unspecified atom stereocenters. The Kier molecular flexibility index (Phi) is 7.83. The number of sulfonamides is 1. The minimum Gasteiger partial charge on any atom is -0.375 e. The van der Waals surface area contributed by atoms with Gasteiger partial charge in [0.25, 0.3) is 0 Å². The van der Waals surface area contributed by atoms with Gasteiger partial charge in [0.15, 0.2) is 5.96 Å². The van der Waals surface area contributed by atoms with Crippen molar-refractivity contribution in [3.8, 4) is 0 Å². The van der Waals surface area contributed by atoms with Crippen LogP contribution in [0.4, 0.5) is 0 Å². The van der Waals surface area contributed by atoms with Gasteiger partial charge in [-0.25, -0.2) is 8.42 Å². The molecular weight excluding hydrogens is 419 g/mol. The zero-order valence-electron chi connectivity index (χ0n) is 13.3. The van der Waals surface area contributed by atoms with Gasteiger partial charge in [0.2, 0.25) is 10.0 Å². The Hall–Kier alpha value is -0.130. The van der Waals surface area contributed by atoms with Crippen LogP contribution in [0.25, 0.3) is 0 Å². The number of aliphatic imine (C=N–C) groups is 1. The minimum absolute atomic E-state index is 0. The van der Waals surface area contributed by atoms with Gasteiger partial charge in [-0.2, -0.15) is 4.31 Å². The number of hydrogen-bond acceptors (Lipinski definition) is 4. The van der Waals surface area contributed by atoms with E-state index in [-0.39, 0.29) is 36.1 Å². The molecule has 2 atom stereocenters. The van der Waals surface area contributed by atoms with E-state index in [0.717, 1.165) is 32.4 Å². The lowest BCUT2D eigenvalue weighted by Gasteiger charge is -2.34. The molecule has 9 heteroatoms. The number of halogens is 1. The molecule has 0 aromatic heterocycles. The van der Waals surface area contributed by atoms with Crippen LogP contribution in [0, 0.1) is 0 Å². The summed E-state index contributed by atoms with van der Waals surface area (Å²) in [6, 6.07) is -0.0641. The van der Waals surface area contributed by atoms with E-state index in [4.69, 9.17) is 10.5 Å². The third-order valence-corrected chi connectivity index (χ3v) is 5.36. The number of guanidine groups is 1. The van der Waals surface area contributed by atoms with E-state index in [0.29, 0.717) is 25.7 Å². The van der Waals surface area contributed by atoms with Crippen LogP contribution in [-0.2, 0) is 14.8 Å². The Balaban J connectivity index is 0.00000242. The van der Waals surface area contributed by atoms with Crippen molar-refractivity contribution in [1.29, 1.82) is 0 Å². The number of ether oxygens (including phenoxy) is 1. The predicted molar refractivity (Wildman–Crippen MR) is 98.1 cm³/mol. The van der Waals surface area contributed by atoms with Crippen molar-refractivity contribution in [2.24, 2.45) is 10.7 Å². The van der Waals surface area contributed by atoms with Crippen molar-refractivity contribution in [2.45, 2.75) is 38.3 Å². The summed E-state index contributed by atoms with van der Waals surface area (Å²) >= 11 is 0. The van der Waals surface area contributed by atoms with Crippen LogP contribution in [0.5, 0.6) is 0 Å². The molecule has 2 N–H and O–H groups in total. The fourth-order valence-corrected chi connectivity index (χ4v) is 4.09. The Bertz CT molecular complexity index is 486. The lowest BCUT2D eigenvalue weighted by molar-refractivity contribution is 0.00526. The molecule has 22 heavy (non-hydrogen) atoms. The summed E-state index contributed by atoms with van der Waals surface area (Å²) in [6.45, 7) is 5.15. The van der Waals surface area contributed by atoms with E-state index in [1.807, 2.05) is 11.8 Å². The van der Waals surface area contributed by atoms with Crippen LogP contribution in [0.3, 0.4) is 0 Å². The molecular formula is C13H27IN4O3S. The van der Waals surface area contributed by atoms with Crippen LogP contribution in [-0.4, -0.2) is 74.8 Å². The van der Waals surface area contributed by atoms with Crippen LogP contribution < -0.4 is 5.73 Å². The van der Waals surface area contributed by atoms with Gasteiger partial charge in [-0.3, -0.25) is 4.99 Å². The summed E-state index contributed by atoms with van der Waals surface area (Å²) in [5.74, 6) is 0.490. The fourth-order valence-electron chi connectivity index (χ4n) is 2.92. The van der Waals surface area contributed by atoms with Crippen molar-refractivity contribution >= 4 is 40.0 Å². The SMILES string of the molecule is CC1CN(C(N)=NCC2CCCCN2S(C)(=O)=O)CCO1.I. The van der Waals surface area contributed by atoms with Crippen LogP contribution in [0.15, 0.2) is 4.99 Å². The summed E-state index contributed by atoms with van der Waals surface area (Å²) in [5, 5.41) is 0. The molecule has 2 aliphatic rings. The smallest absolute Gasteiger partial charge is 0.211 e. The summed E-state index contributed by atoms with van der Waals surface area (Å²) < 4.78 is 30.6. The topological polar surface area (TPSA) is 88.2 Å². The number of morpholine rings is 1. The Morgan fingerprint density at radius 1 is 1.36 bits per heavy atom. The molecule has 2 fully saturated rings. The van der Waals surface area contributed by atoms with E-state index in [1.54, 1.807) is 4.31 Å². The van der Waals surface area contributed by atoms with Crippen molar-refractivity contribution in [3.63, 3.8) is 0 Å². The molecule has 0 aliphatic carbocycles. The number of hydrogen-bond donors (Lipinski definition) is 1. The van der Waals surface area contributed by atoms with Gasteiger partial charge in [-0.1, -0.05) is 6.42 Å². The molecule has 7 nitrogen and oxygen atoms in total. The number of piperidine rings is 1. The second kappa shape index (κ2) is 8.65. The molecule has 0 radical (unpaired) electrons. The van der Waals surface area contributed by atoms with Crippen LogP contribution in [0.1, 0.15) is 26.2 Å². The number of nitrogens with zero attached hydrogens (tertiary/aromatic N) is 3. The monoisotopic (exact) mass is 446 g/mol. The van der Waals surface area contributed by atoms with Gasteiger partial charge in [-0.15, -0.1) is 24.0 Å². The molecule has 0 bridgehead atoms. The maximum atomic E-state index is 11.8. The van der Waals surface area contributed by atoms with Crippen molar-refractivity contribution < 1.29 is 13.2 Å². The average Bonchev–Trinajstić information content (AvgIpc) is 2.44. The molecule has 0 aromatic rings. The van der Waals surface area contributed by atoms with Gasteiger partial charge < -0.3 is 15.4 Å². The second-order valence-electron chi connectivity index (χ2n) is 5.85. The highest BCUT2D eigenvalue weighted by molar-refractivity contribution is 14.0. The first-order chi connectivity index (χ1) is 9.88. The molecule has 2 aliphatic heterocycles. The maximum Gasteiger partial charge on any atom is 0.211 e. The Morgan fingerprint density at radius 2 is 2.09 bits per heavy atom. The summed E-state index contributed by atoms with van der Waals surface area (Å²) in [7, 11) is -3.17. The van der Waals surface area contributed by atoms with Gasteiger partial charge in [0.05, 0.1) is 25.5 Å². The molecule has 2 rings (SSSR count). The van der Waals surface area contributed by atoms with Crippen LogP contribution >= 0.6 is 24.0 Å². The Labute approximate surface area is 150 Å². The first-order valence-corrected chi connectivity index (χ1v) is 9.36. The lowest BCUT2D eigenvalue weighted by atomic mass is 10.1. The van der Waals surface area contributed by atoms with Gasteiger partial charge in [0.1, 0.15) is 0 Å². The number of nitrogens with two attached hydrogens (primary N) is 1. The zero-order valence-corrected chi connectivity index (χ0v) is 16.4. The largest absolute Gasteiger partial charge is 0.375 e. The third kappa shape index (κ3) is 5.50. The molecule has 0 spiro atoms. The van der Waals surface area contributed by atoms with E-state index in [9.17, 15) is 8.42 Å². The molecule has 0 aromatic carbocycles. The molecule has 0 amide bonds. The van der Waals surface area contributed by atoms with Gasteiger partial charge >= 0.3 is 0 Å². The van der Waals surface area contributed by atoms with E-state index < -0.39 is 10.0 Å². The second-order valence-corrected chi connectivity index (χ2v) is 7.78. The van der Waals surface area contributed by atoms with Crippen LogP contribution in [0.2, 0.25) is 0 Å². The normalized spacial score (nSPS) is 28.3. The van der Waals surface area contributed by atoms with Crippen molar-refractivity contribution in [1.82, 2.24) is 9.21 Å². The highest BCUT2D eigenvalue weighted by atomic mass is 127. The molecule has 2 heterocycles. The van der Waals surface area contributed by atoms with E-state index >= 15 is 0 Å². The highest BCUT2D eigenvalue weighted by Crippen LogP contribution is 2.20. The maximum absolute atomic E-state index is 11.8.